The van der Waals surface area contributed by atoms with Gasteiger partial charge in [-0.3, -0.25) is 18.9 Å². The number of anilines is 4. The maximum Gasteiger partial charge on any atom is 0.412 e. The number of nitrogens with zero attached hydrogens (tertiary/aromatic N) is 5. The average molecular weight is 776 g/mol. The van der Waals surface area contributed by atoms with Crippen molar-refractivity contribution in [1.82, 2.24) is 18.9 Å². The van der Waals surface area contributed by atoms with Crippen LogP contribution in [0.5, 0.6) is 0 Å². The fourth-order valence-electron chi connectivity index (χ4n) is 5.42. The molecular weight excluding hydrogens is 736 g/mol. The number of amides is 2. The number of pyridine rings is 1. The molecule has 52 heavy (non-hydrogen) atoms. The molecule has 1 N–H and O–H groups in total. The number of aromatic nitrogens is 3. The molecule has 0 saturated heterocycles. The lowest BCUT2D eigenvalue weighted by molar-refractivity contribution is 0.0635. The molecule has 4 aromatic carbocycles. The van der Waals surface area contributed by atoms with Crippen LogP contribution < -0.4 is 10.2 Å². The zero-order valence-electron chi connectivity index (χ0n) is 29.6. The Kier molecular flexibility index (Phi) is 11.2. The Bertz CT molecular complexity index is 2180. The third-order valence-corrected chi connectivity index (χ3v) is 9.52. The van der Waals surface area contributed by atoms with Crippen LogP contribution >= 0.6 is 27.9 Å². The van der Waals surface area contributed by atoms with Crippen LogP contribution in [0.4, 0.5) is 27.7 Å². The van der Waals surface area contributed by atoms with Gasteiger partial charge < -0.3 is 4.74 Å². The lowest BCUT2D eigenvalue weighted by Crippen LogP contribution is -2.27. The summed E-state index contributed by atoms with van der Waals surface area (Å²) >= 11 is 5.06. The Labute approximate surface area is 316 Å². The van der Waals surface area contributed by atoms with Crippen LogP contribution in [0.15, 0.2) is 131 Å². The first-order chi connectivity index (χ1) is 24.9. The van der Waals surface area contributed by atoms with E-state index in [0.29, 0.717) is 29.3 Å². The highest BCUT2D eigenvalue weighted by molar-refractivity contribution is 9.07. The van der Waals surface area contributed by atoms with E-state index in [2.05, 4.69) is 40.3 Å². The van der Waals surface area contributed by atoms with Crippen LogP contribution in [0.2, 0.25) is 0 Å². The number of hydrogen-bond acceptors (Lipinski definition) is 8. The Morgan fingerprint density at radius 3 is 2.23 bits per heavy atom. The molecule has 0 radical (unpaired) electrons. The van der Waals surface area contributed by atoms with Crippen LogP contribution in [-0.2, 0) is 11.3 Å². The van der Waals surface area contributed by atoms with Crippen LogP contribution in [-0.4, -0.2) is 36.5 Å². The summed E-state index contributed by atoms with van der Waals surface area (Å²) in [6.45, 7) is 10.1. The van der Waals surface area contributed by atoms with E-state index in [4.69, 9.17) is 14.7 Å². The number of fused-ring (bicyclic) bond motifs is 1. The number of carbonyl (C=O) groups is 2. The standard InChI is InChI=1S/C41H39BrN6O3S/c1-27(2)34-22-21-33-37(46-34)43-26-44-38(33)48(31-14-10-7-11-15-31)35-24-29(39(49)47(42)25-28-12-8-6-9-13-28)16-23-36(35)52-32-19-17-30(18-20-32)45-40(50)51-41(3,4)5/h6-24,26-27H,25H2,1-5H3,(H,45,50). The zero-order chi connectivity index (χ0) is 36.8. The maximum absolute atomic E-state index is 14.0. The maximum atomic E-state index is 14.0. The van der Waals surface area contributed by atoms with E-state index in [-0.39, 0.29) is 11.8 Å². The molecule has 2 aromatic heterocycles. The number of hydrogen-bond donors (Lipinski definition) is 1. The van der Waals surface area contributed by atoms with Crippen molar-refractivity contribution in [3.63, 3.8) is 0 Å². The van der Waals surface area contributed by atoms with Gasteiger partial charge in [0, 0.05) is 32.4 Å². The lowest BCUT2D eigenvalue weighted by Gasteiger charge is -2.28. The Morgan fingerprint density at radius 1 is 0.865 bits per heavy atom. The van der Waals surface area contributed by atoms with E-state index in [1.54, 1.807) is 0 Å². The predicted molar refractivity (Wildman–Crippen MR) is 212 cm³/mol. The van der Waals surface area contributed by atoms with Gasteiger partial charge in [-0.2, -0.15) is 0 Å². The molecule has 6 rings (SSSR count). The summed E-state index contributed by atoms with van der Waals surface area (Å²) in [5.74, 6) is 0.665. The highest BCUT2D eigenvalue weighted by Gasteiger charge is 2.24. The number of halogens is 1. The van der Waals surface area contributed by atoms with Gasteiger partial charge in [-0.25, -0.2) is 19.7 Å². The van der Waals surface area contributed by atoms with Crippen molar-refractivity contribution in [3.8, 4) is 0 Å². The second kappa shape index (κ2) is 16.0. The van der Waals surface area contributed by atoms with Crippen molar-refractivity contribution >= 4 is 73.8 Å². The highest BCUT2D eigenvalue weighted by atomic mass is 79.9. The van der Waals surface area contributed by atoms with Gasteiger partial charge in [-0.15, -0.1) is 0 Å². The molecule has 0 bridgehead atoms. The van der Waals surface area contributed by atoms with Crippen molar-refractivity contribution in [2.75, 3.05) is 10.2 Å². The van der Waals surface area contributed by atoms with Crippen LogP contribution in [0.3, 0.4) is 0 Å². The van der Waals surface area contributed by atoms with Crippen LogP contribution in [0, 0.1) is 0 Å². The van der Waals surface area contributed by atoms with Gasteiger partial charge in [-0.1, -0.05) is 74.1 Å². The summed E-state index contributed by atoms with van der Waals surface area (Å²) in [5.41, 5.74) is 4.60. The summed E-state index contributed by atoms with van der Waals surface area (Å²) in [6.07, 6.45) is 1.01. The van der Waals surface area contributed by atoms with Crippen molar-refractivity contribution in [2.24, 2.45) is 0 Å². The molecule has 264 valence electrons. The van der Waals surface area contributed by atoms with Gasteiger partial charge in [0.15, 0.2) is 11.5 Å². The van der Waals surface area contributed by atoms with Gasteiger partial charge in [0.25, 0.3) is 5.91 Å². The number of rotatable bonds is 10. The topological polar surface area (TPSA) is 101 Å². The molecule has 0 unspecified atom stereocenters. The molecule has 2 heterocycles. The molecule has 11 heteroatoms. The minimum absolute atomic E-state index is 0.192. The van der Waals surface area contributed by atoms with Gasteiger partial charge in [0.1, 0.15) is 11.9 Å². The molecule has 2 amide bonds. The van der Waals surface area contributed by atoms with Crippen molar-refractivity contribution in [2.45, 2.75) is 62.5 Å². The van der Waals surface area contributed by atoms with E-state index in [1.165, 1.54) is 22.0 Å². The lowest BCUT2D eigenvalue weighted by atomic mass is 10.1. The number of ether oxygens (including phenoxy) is 1. The number of carbonyl (C=O) groups excluding carboxylic acids is 2. The molecular formula is C41H39BrN6O3S. The van der Waals surface area contributed by atoms with Crippen molar-refractivity contribution in [3.05, 3.63) is 138 Å². The van der Waals surface area contributed by atoms with Gasteiger partial charge >= 0.3 is 6.09 Å². The summed E-state index contributed by atoms with van der Waals surface area (Å²) < 4.78 is 6.95. The fourth-order valence-corrected chi connectivity index (χ4v) is 6.83. The largest absolute Gasteiger partial charge is 0.444 e. The molecule has 0 atom stereocenters. The molecule has 0 fully saturated rings. The number of para-hydroxylation sites is 1. The van der Waals surface area contributed by atoms with Crippen LogP contribution in [0.1, 0.15) is 62.2 Å². The minimum atomic E-state index is -0.608. The Balaban J connectivity index is 1.44. The molecule has 0 spiro atoms. The third kappa shape index (κ3) is 8.96. The second-order valence-corrected chi connectivity index (χ2v) is 15.3. The fraction of sp³-hybridized carbons (Fsp3) is 0.195. The van der Waals surface area contributed by atoms with Gasteiger partial charge in [0.05, 0.1) is 33.8 Å². The summed E-state index contributed by atoms with van der Waals surface area (Å²) in [4.78, 5) is 44.4. The quantitative estimate of drug-likeness (QED) is 0.137. The van der Waals surface area contributed by atoms with Crippen molar-refractivity contribution < 1.29 is 14.3 Å². The Morgan fingerprint density at radius 2 is 1.56 bits per heavy atom. The molecule has 9 nitrogen and oxygen atoms in total. The number of benzene rings is 4. The summed E-state index contributed by atoms with van der Waals surface area (Å²) in [6, 6.07) is 37.0. The molecule has 0 aliphatic rings. The molecule has 0 aliphatic heterocycles. The van der Waals surface area contributed by atoms with Crippen molar-refractivity contribution in [1.29, 1.82) is 0 Å². The SMILES string of the molecule is CC(C)c1ccc2c(N(c3ccccc3)c3cc(C(=O)N(Br)Cc4ccccc4)ccc3Sc3ccc(NC(=O)OC(C)(C)C)cc3)ncnc2n1. The Hall–Kier alpha value is -5.26. The van der Waals surface area contributed by atoms with Gasteiger partial charge in [-0.05, 0) is 99.0 Å². The third-order valence-electron chi connectivity index (χ3n) is 7.87. The van der Waals surface area contributed by atoms with Crippen LogP contribution in [0.25, 0.3) is 11.0 Å². The van der Waals surface area contributed by atoms with E-state index in [0.717, 1.165) is 37.8 Å². The molecule has 6 aromatic rings. The number of nitrogens with one attached hydrogen (secondary N) is 1. The first-order valence-corrected chi connectivity index (χ1v) is 18.4. The van der Waals surface area contributed by atoms with E-state index >= 15 is 0 Å². The van der Waals surface area contributed by atoms with E-state index < -0.39 is 11.7 Å². The predicted octanol–water partition coefficient (Wildman–Crippen LogP) is 11.1. The van der Waals surface area contributed by atoms with Gasteiger partial charge in [0.2, 0.25) is 0 Å². The minimum Gasteiger partial charge on any atom is -0.444 e. The normalized spacial score (nSPS) is 11.4. The van der Waals surface area contributed by atoms with E-state index in [1.807, 2.05) is 141 Å². The molecule has 0 saturated carbocycles. The average Bonchev–Trinajstić information content (AvgIpc) is 3.12. The first-order valence-electron chi connectivity index (χ1n) is 16.9. The monoisotopic (exact) mass is 774 g/mol. The van der Waals surface area contributed by atoms with E-state index in [9.17, 15) is 9.59 Å². The highest BCUT2D eigenvalue weighted by Crippen LogP contribution is 2.44. The first kappa shape index (κ1) is 36.5. The molecule has 0 aliphatic carbocycles. The summed E-state index contributed by atoms with van der Waals surface area (Å²) in [5, 5.41) is 3.56. The second-order valence-electron chi connectivity index (χ2n) is 13.4. The zero-order valence-corrected chi connectivity index (χ0v) is 32.0. The summed E-state index contributed by atoms with van der Waals surface area (Å²) in [7, 11) is 0. The smallest absolute Gasteiger partial charge is 0.412 e.